The molecule has 0 saturated carbocycles. The van der Waals surface area contributed by atoms with E-state index in [4.69, 9.17) is 19.8 Å². The van der Waals surface area contributed by atoms with E-state index in [2.05, 4.69) is 40.7 Å². The lowest BCUT2D eigenvalue weighted by Gasteiger charge is -2.15. The minimum atomic E-state index is -1.57. The van der Waals surface area contributed by atoms with Gasteiger partial charge in [-0.05, 0) is 80.1 Å². The molecule has 14 heteroatoms. The van der Waals surface area contributed by atoms with Gasteiger partial charge in [-0.25, -0.2) is 9.78 Å². The van der Waals surface area contributed by atoms with E-state index in [1.807, 2.05) is 57.2 Å². The maximum atomic E-state index is 13.1. The van der Waals surface area contributed by atoms with Gasteiger partial charge in [0.2, 0.25) is 11.8 Å². The number of ether oxygens (including phenoxy) is 1. The lowest BCUT2D eigenvalue weighted by molar-refractivity contribution is -0.147. The Labute approximate surface area is 324 Å². The van der Waals surface area contributed by atoms with Gasteiger partial charge in [0.15, 0.2) is 0 Å². The molecule has 14 nitrogen and oxygen atoms in total. The summed E-state index contributed by atoms with van der Waals surface area (Å²) in [6.07, 6.45) is 3.75. The Morgan fingerprint density at radius 2 is 1.57 bits per heavy atom. The molecule has 3 aromatic rings. The largest absolute Gasteiger partial charge is 0.481 e. The number of carbonyl (C=O) groups excluding carboxylic acids is 3. The Morgan fingerprint density at radius 3 is 2.23 bits per heavy atom. The molecule has 8 bridgehead atoms. The second kappa shape index (κ2) is 17.4. The summed E-state index contributed by atoms with van der Waals surface area (Å²) in [7, 11) is 1.37. The number of hydrogen-bond acceptors (Lipinski definition) is 8. The maximum absolute atomic E-state index is 13.1. The Hall–Kier alpha value is -6.31. The Balaban J connectivity index is 1.57. The van der Waals surface area contributed by atoms with Gasteiger partial charge in [0.25, 0.3) is 0 Å². The van der Waals surface area contributed by atoms with Crippen LogP contribution in [0.2, 0.25) is 0 Å². The minimum absolute atomic E-state index is 0.0522. The number of esters is 1. The summed E-state index contributed by atoms with van der Waals surface area (Å²) in [6, 6.07) is 6.44. The summed E-state index contributed by atoms with van der Waals surface area (Å²) >= 11 is 0. The van der Waals surface area contributed by atoms with Gasteiger partial charge in [0.1, 0.15) is 6.04 Å². The first kappa shape index (κ1) is 40.9. The van der Waals surface area contributed by atoms with Gasteiger partial charge in [-0.2, -0.15) is 0 Å². The number of nitrogens with zero attached hydrogens (tertiary/aromatic N) is 2. The fraction of sp³-hybridized carbons (Fsp3) is 0.357. The molecule has 6 N–H and O–H groups in total. The van der Waals surface area contributed by atoms with Crippen LogP contribution in [-0.2, 0) is 35.1 Å². The van der Waals surface area contributed by atoms with Crippen LogP contribution in [0.15, 0.2) is 43.5 Å². The van der Waals surface area contributed by atoms with E-state index < -0.39 is 30.3 Å². The maximum Gasteiger partial charge on any atom is 0.326 e. The zero-order valence-electron chi connectivity index (χ0n) is 32.3. The number of carboxylic acid groups (broad SMARTS) is 2. The van der Waals surface area contributed by atoms with Gasteiger partial charge >= 0.3 is 17.9 Å². The van der Waals surface area contributed by atoms with Crippen molar-refractivity contribution in [3.8, 4) is 0 Å². The Bertz CT molecular complexity index is 2320. The van der Waals surface area contributed by atoms with Gasteiger partial charge in [-0.3, -0.25) is 24.2 Å². The molecular weight excluding hydrogens is 716 g/mol. The lowest BCUT2D eigenvalue weighted by Crippen LogP contribution is -2.43. The molecule has 0 fully saturated rings. The highest BCUT2D eigenvalue weighted by Crippen LogP contribution is 2.41. The molecule has 56 heavy (non-hydrogen) atoms. The molecule has 5 heterocycles. The standard InChI is InChI=1S/C42H48N6O8/c1-8-25-21(3)29-16-30-24(6)28(11-13-41(53)56-7)36(46-30)19-35-27(10-12-38(49)43-15-14-39(50)48-37(42(54)55)20-40(51)52)23(5)32(47-35)18-34-26(9-2)22(4)31(45-34)17-33(25)44-29/h8-9,16-19,24,28,37,45,47H,1-2,10-15,20H2,3-7H3,(H,43,49)(H,48,50)(H,51,52)(H,54,55)/t24?,28?,37-/m0/s1. The van der Waals surface area contributed by atoms with Crippen molar-refractivity contribution in [2.75, 3.05) is 13.7 Å². The number of allylic oxidation sites excluding steroid dienone is 3. The van der Waals surface area contributed by atoms with Gasteiger partial charge < -0.3 is 35.6 Å². The average molecular weight is 765 g/mol. The number of aliphatic carboxylic acids is 2. The zero-order valence-corrected chi connectivity index (χ0v) is 32.3. The first-order chi connectivity index (χ1) is 26.6. The number of carboxylic acids is 2. The van der Waals surface area contributed by atoms with Crippen LogP contribution in [0.1, 0.15) is 103 Å². The van der Waals surface area contributed by atoms with Crippen molar-refractivity contribution in [2.24, 2.45) is 0 Å². The van der Waals surface area contributed by atoms with E-state index in [9.17, 15) is 29.1 Å². The topological polar surface area (TPSA) is 216 Å². The normalized spacial score (nSPS) is 15.5. The summed E-state index contributed by atoms with van der Waals surface area (Å²) < 4.78 is 4.97. The summed E-state index contributed by atoms with van der Waals surface area (Å²) in [5.41, 5.74) is 12.0. The molecule has 0 aliphatic carbocycles. The molecule has 2 amide bonds. The highest BCUT2D eigenvalue weighted by Gasteiger charge is 2.30. The zero-order chi connectivity index (χ0) is 40.8. The monoisotopic (exact) mass is 764 g/mol. The highest BCUT2D eigenvalue weighted by molar-refractivity contribution is 5.97. The molecule has 2 unspecified atom stereocenters. The first-order valence-corrected chi connectivity index (χ1v) is 18.4. The first-order valence-electron chi connectivity index (χ1n) is 18.4. The summed E-state index contributed by atoms with van der Waals surface area (Å²) in [5, 5.41) is 23.0. The number of hydrogen-bond donors (Lipinski definition) is 6. The number of rotatable bonds is 15. The van der Waals surface area contributed by atoms with Crippen LogP contribution in [0.5, 0.6) is 0 Å². The lowest BCUT2D eigenvalue weighted by atomic mass is 9.87. The number of fused-ring (bicyclic) bond motifs is 8. The quantitative estimate of drug-likeness (QED) is 0.0990. The Kier molecular flexibility index (Phi) is 12.7. The molecule has 0 radical (unpaired) electrons. The van der Waals surface area contributed by atoms with E-state index in [1.165, 1.54) is 7.11 Å². The number of amides is 2. The van der Waals surface area contributed by atoms with Gasteiger partial charge in [0, 0.05) is 82.2 Å². The molecule has 5 rings (SSSR count). The van der Waals surface area contributed by atoms with Crippen molar-refractivity contribution < 1.29 is 38.9 Å². The van der Waals surface area contributed by atoms with Crippen LogP contribution < -0.4 is 10.6 Å². The molecule has 294 valence electrons. The van der Waals surface area contributed by atoms with Crippen LogP contribution >= 0.6 is 0 Å². The number of carbonyl (C=O) groups is 5. The third kappa shape index (κ3) is 8.96. The predicted octanol–water partition coefficient (Wildman–Crippen LogP) is 6.01. The molecule has 0 spiro atoms. The number of aryl methyl sites for hydroxylation is 3. The predicted molar refractivity (Wildman–Crippen MR) is 213 cm³/mol. The van der Waals surface area contributed by atoms with Crippen molar-refractivity contribution in [3.63, 3.8) is 0 Å². The summed E-state index contributed by atoms with van der Waals surface area (Å²) in [4.78, 5) is 77.2. The van der Waals surface area contributed by atoms with Crippen molar-refractivity contribution in [2.45, 2.75) is 84.1 Å². The fourth-order valence-electron chi connectivity index (χ4n) is 7.28. The molecule has 2 aliphatic heterocycles. The van der Waals surface area contributed by atoms with Crippen molar-refractivity contribution >= 4 is 69.0 Å². The van der Waals surface area contributed by atoms with E-state index in [-0.39, 0.29) is 49.5 Å². The second-order valence-electron chi connectivity index (χ2n) is 14.1. The Morgan fingerprint density at radius 1 is 0.857 bits per heavy atom. The molecule has 0 aromatic carbocycles. The van der Waals surface area contributed by atoms with Crippen LogP contribution in [0.4, 0.5) is 0 Å². The number of nitrogens with one attached hydrogen (secondary N) is 4. The number of aromatic nitrogens is 4. The molecular formula is C42H48N6O8. The van der Waals surface area contributed by atoms with E-state index in [0.29, 0.717) is 12.8 Å². The third-order valence-electron chi connectivity index (χ3n) is 10.6. The highest BCUT2D eigenvalue weighted by atomic mass is 16.5. The molecule has 0 saturated heterocycles. The van der Waals surface area contributed by atoms with Crippen LogP contribution in [0.25, 0.3) is 39.3 Å². The fourth-order valence-corrected chi connectivity index (χ4v) is 7.28. The SMILES string of the molecule is C=CC1=C(C)c2cc3nc(cc4[nH]c(cc5[nH]c(cc1n2)c(C)c5C=C)c(C)c4CCC(=O)NCCC(=O)N[C@@H](CC(=O)O)C(=O)O)C(CCC(=O)OC)C3C. The van der Waals surface area contributed by atoms with E-state index >= 15 is 0 Å². The number of methoxy groups -OCH3 is 1. The average Bonchev–Trinajstić information content (AvgIpc) is 3.81. The minimum Gasteiger partial charge on any atom is -0.481 e. The van der Waals surface area contributed by atoms with Crippen LogP contribution in [0, 0.1) is 13.8 Å². The van der Waals surface area contributed by atoms with Crippen molar-refractivity contribution in [1.29, 1.82) is 0 Å². The van der Waals surface area contributed by atoms with Crippen LogP contribution in [0.3, 0.4) is 0 Å². The number of aromatic amines is 2. The third-order valence-corrected chi connectivity index (χ3v) is 10.6. The number of H-pyrrole nitrogens is 2. The van der Waals surface area contributed by atoms with Crippen LogP contribution in [-0.4, -0.2) is 79.6 Å². The van der Waals surface area contributed by atoms with Crippen molar-refractivity contribution in [1.82, 2.24) is 30.6 Å². The van der Waals surface area contributed by atoms with E-state index in [0.717, 1.165) is 78.2 Å². The molecule has 3 aromatic heterocycles. The van der Waals surface area contributed by atoms with Gasteiger partial charge in [-0.1, -0.05) is 32.2 Å². The molecule has 3 atom stereocenters. The van der Waals surface area contributed by atoms with E-state index in [1.54, 1.807) is 0 Å². The summed E-state index contributed by atoms with van der Waals surface area (Å²) in [6.45, 7) is 16.2. The smallest absolute Gasteiger partial charge is 0.326 e. The van der Waals surface area contributed by atoms with Crippen molar-refractivity contribution in [3.05, 3.63) is 88.5 Å². The second-order valence-corrected chi connectivity index (χ2v) is 14.1. The molecule has 2 aliphatic rings. The summed E-state index contributed by atoms with van der Waals surface area (Å²) in [5.74, 6) is -4.33. The van der Waals surface area contributed by atoms with Gasteiger partial charge in [0.05, 0.1) is 24.9 Å². The van der Waals surface area contributed by atoms with Gasteiger partial charge in [-0.15, -0.1) is 0 Å².